The van der Waals surface area contributed by atoms with Crippen molar-refractivity contribution < 1.29 is 9.59 Å². The van der Waals surface area contributed by atoms with Gasteiger partial charge in [0, 0.05) is 16.1 Å². The Hall–Kier alpha value is -0.870. The number of anilines is 1. The molecule has 1 N–H and O–H groups in total. The topological polar surface area (TPSA) is 46.2 Å². The van der Waals surface area contributed by atoms with Crippen LogP contribution in [-0.2, 0) is 9.59 Å². The number of hydrogen-bond acceptors (Lipinski definition) is 2. The Labute approximate surface area is 143 Å². The van der Waals surface area contributed by atoms with E-state index >= 15 is 0 Å². The van der Waals surface area contributed by atoms with Crippen LogP contribution in [0.5, 0.6) is 0 Å². The van der Waals surface area contributed by atoms with E-state index in [0.29, 0.717) is 10.7 Å². The molecule has 2 aliphatic rings. The summed E-state index contributed by atoms with van der Waals surface area (Å²) in [7, 11) is 0. The van der Waals surface area contributed by atoms with E-state index in [9.17, 15) is 9.59 Å². The first-order valence-corrected chi connectivity index (χ1v) is 8.71. The zero-order valence-electron chi connectivity index (χ0n) is 12.9. The summed E-state index contributed by atoms with van der Waals surface area (Å²) in [4.78, 5) is 25.3. The Kier molecular flexibility index (Phi) is 3.50. The lowest BCUT2D eigenvalue weighted by atomic mass is 9.64. The molecule has 2 saturated carbocycles. The zero-order valence-corrected chi connectivity index (χ0v) is 15.2. The SMILES string of the molecule is CC1(C)[C@]2(C)CC[C@@]1(C(=O)Nc1ccc(Cl)cc1)[C@H](Br)C2=O. The van der Waals surface area contributed by atoms with E-state index in [0.717, 1.165) is 12.8 Å². The minimum Gasteiger partial charge on any atom is -0.326 e. The van der Waals surface area contributed by atoms with Crippen molar-refractivity contribution in [2.24, 2.45) is 16.2 Å². The number of nitrogens with one attached hydrogen (secondary N) is 1. The van der Waals surface area contributed by atoms with Gasteiger partial charge >= 0.3 is 0 Å². The lowest BCUT2D eigenvalue weighted by Crippen LogP contribution is -2.47. The summed E-state index contributed by atoms with van der Waals surface area (Å²) in [5.74, 6) is 0.0614. The van der Waals surface area contributed by atoms with Crippen molar-refractivity contribution in [3.8, 4) is 0 Å². The third-order valence-corrected chi connectivity index (χ3v) is 7.68. The van der Waals surface area contributed by atoms with Crippen LogP contribution in [-0.4, -0.2) is 16.5 Å². The summed E-state index contributed by atoms with van der Waals surface area (Å²) in [6.07, 6.45) is 1.48. The highest BCUT2D eigenvalue weighted by Gasteiger charge is 2.76. The first kappa shape index (κ1) is 16.0. The van der Waals surface area contributed by atoms with Gasteiger partial charge in [0.2, 0.25) is 5.91 Å². The van der Waals surface area contributed by atoms with Crippen LogP contribution in [0.25, 0.3) is 0 Å². The Bertz CT molecular complexity index is 657. The van der Waals surface area contributed by atoms with Gasteiger partial charge in [-0.25, -0.2) is 0 Å². The van der Waals surface area contributed by atoms with Crippen molar-refractivity contribution in [3.05, 3.63) is 29.3 Å². The second kappa shape index (κ2) is 4.81. The lowest BCUT2D eigenvalue weighted by Gasteiger charge is -2.39. The second-order valence-electron chi connectivity index (χ2n) is 7.12. The van der Waals surface area contributed by atoms with Crippen molar-refractivity contribution in [2.45, 2.75) is 38.4 Å². The number of halogens is 2. The van der Waals surface area contributed by atoms with Crippen molar-refractivity contribution in [1.82, 2.24) is 0 Å². The smallest absolute Gasteiger partial charge is 0.232 e. The molecule has 5 heteroatoms. The number of fused-ring (bicyclic) bond motifs is 2. The minimum absolute atomic E-state index is 0.0868. The highest BCUT2D eigenvalue weighted by Crippen LogP contribution is 2.72. The largest absolute Gasteiger partial charge is 0.326 e. The molecule has 2 fully saturated rings. The van der Waals surface area contributed by atoms with Crippen LogP contribution in [0.4, 0.5) is 5.69 Å². The van der Waals surface area contributed by atoms with E-state index in [-0.39, 0.29) is 17.1 Å². The molecule has 0 saturated heterocycles. The van der Waals surface area contributed by atoms with Crippen molar-refractivity contribution in [3.63, 3.8) is 0 Å². The van der Waals surface area contributed by atoms with Gasteiger partial charge in [0.05, 0.1) is 10.2 Å². The van der Waals surface area contributed by atoms with Gasteiger partial charge in [-0.1, -0.05) is 48.3 Å². The average Bonchev–Trinajstić information content (AvgIpc) is 2.74. The van der Waals surface area contributed by atoms with E-state index in [1.807, 2.05) is 20.8 Å². The maximum atomic E-state index is 13.1. The fourth-order valence-corrected chi connectivity index (χ4v) is 5.87. The summed E-state index contributed by atoms with van der Waals surface area (Å²) >= 11 is 9.40. The number of hydrogen-bond donors (Lipinski definition) is 1. The number of ketones is 1. The Morgan fingerprint density at radius 1 is 1.23 bits per heavy atom. The monoisotopic (exact) mass is 383 g/mol. The molecule has 0 aliphatic heterocycles. The highest BCUT2D eigenvalue weighted by molar-refractivity contribution is 9.10. The fourth-order valence-electron chi connectivity index (χ4n) is 4.23. The molecule has 118 valence electrons. The summed E-state index contributed by atoms with van der Waals surface area (Å²) in [5, 5.41) is 3.60. The van der Waals surface area contributed by atoms with E-state index in [1.165, 1.54) is 0 Å². The Morgan fingerprint density at radius 3 is 2.32 bits per heavy atom. The second-order valence-corrected chi connectivity index (χ2v) is 8.47. The number of carbonyl (C=O) groups excluding carboxylic acids is 2. The van der Waals surface area contributed by atoms with Gasteiger partial charge in [0.1, 0.15) is 0 Å². The number of alkyl halides is 1. The van der Waals surface area contributed by atoms with E-state index in [1.54, 1.807) is 24.3 Å². The molecule has 22 heavy (non-hydrogen) atoms. The van der Waals surface area contributed by atoms with Crippen LogP contribution < -0.4 is 5.32 Å². The molecule has 1 aromatic rings. The van der Waals surface area contributed by atoms with Gasteiger partial charge in [0.15, 0.2) is 5.78 Å². The van der Waals surface area contributed by atoms with Crippen LogP contribution in [0.3, 0.4) is 0 Å². The third-order valence-electron chi connectivity index (χ3n) is 6.23. The summed E-state index contributed by atoms with van der Waals surface area (Å²) < 4.78 is 0. The molecular weight excluding hydrogens is 366 g/mol. The summed E-state index contributed by atoms with van der Waals surface area (Å²) in [6.45, 7) is 6.08. The van der Waals surface area contributed by atoms with E-state index in [2.05, 4.69) is 21.2 Å². The van der Waals surface area contributed by atoms with Crippen molar-refractivity contribution in [1.29, 1.82) is 0 Å². The molecule has 1 amide bonds. The number of rotatable bonds is 2. The van der Waals surface area contributed by atoms with Gasteiger partial charge < -0.3 is 5.32 Å². The third kappa shape index (κ3) is 1.74. The van der Waals surface area contributed by atoms with Crippen LogP contribution in [0.2, 0.25) is 5.02 Å². The minimum atomic E-state index is -0.710. The van der Waals surface area contributed by atoms with Crippen LogP contribution >= 0.6 is 27.5 Å². The normalized spacial score (nSPS) is 35.7. The summed E-state index contributed by atoms with van der Waals surface area (Å²) in [5.41, 5.74) is -0.842. The molecule has 0 spiro atoms. The fraction of sp³-hybridized carbons (Fsp3) is 0.529. The predicted molar refractivity (Wildman–Crippen MR) is 91.4 cm³/mol. The van der Waals surface area contributed by atoms with Gasteiger partial charge in [-0.2, -0.15) is 0 Å². The van der Waals surface area contributed by atoms with Crippen LogP contribution in [0, 0.1) is 16.2 Å². The van der Waals surface area contributed by atoms with Crippen LogP contribution in [0.15, 0.2) is 24.3 Å². The molecular formula is C17H19BrClNO2. The molecule has 3 nitrogen and oxygen atoms in total. The zero-order chi connectivity index (χ0) is 16.3. The molecule has 2 bridgehead atoms. The number of benzene rings is 1. The molecule has 3 rings (SSSR count). The average molecular weight is 385 g/mol. The van der Waals surface area contributed by atoms with Crippen molar-refractivity contribution >= 4 is 44.9 Å². The van der Waals surface area contributed by atoms with E-state index in [4.69, 9.17) is 11.6 Å². The molecule has 0 unspecified atom stereocenters. The number of amides is 1. The first-order valence-electron chi connectivity index (χ1n) is 7.42. The van der Waals surface area contributed by atoms with Gasteiger partial charge in [-0.15, -0.1) is 0 Å². The van der Waals surface area contributed by atoms with Crippen LogP contribution in [0.1, 0.15) is 33.6 Å². The molecule has 0 heterocycles. The highest BCUT2D eigenvalue weighted by atomic mass is 79.9. The first-order chi connectivity index (χ1) is 10.2. The predicted octanol–water partition coefficient (Wildman–Crippen LogP) is 4.44. The molecule has 0 radical (unpaired) electrons. The lowest BCUT2D eigenvalue weighted by molar-refractivity contribution is -0.130. The Balaban J connectivity index is 1.97. The molecule has 0 aromatic heterocycles. The molecule has 1 aromatic carbocycles. The van der Waals surface area contributed by atoms with Gasteiger partial charge in [-0.05, 0) is 42.5 Å². The van der Waals surface area contributed by atoms with Gasteiger partial charge in [0.25, 0.3) is 0 Å². The Morgan fingerprint density at radius 2 is 1.82 bits per heavy atom. The van der Waals surface area contributed by atoms with Gasteiger partial charge in [-0.3, -0.25) is 9.59 Å². The maximum Gasteiger partial charge on any atom is 0.232 e. The standard InChI is InChI=1S/C17H19BrClNO2/c1-15(2)16(3)8-9-17(15,12(18)13(16)21)14(22)20-11-6-4-10(19)5-7-11/h4-7,12H,8-9H2,1-3H3,(H,20,22)/t12-,16-,17+/m1/s1. The maximum absolute atomic E-state index is 13.1. The number of carbonyl (C=O) groups is 2. The summed E-state index contributed by atoms with van der Waals surface area (Å²) in [6, 6.07) is 7.03. The molecule has 3 atom stereocenters. The van der Waals surface area contributed by atoms with E-state index < -0.39 is 15.7 Å². The quantitative estimate of drug-likeness (QED) is 0.766. The van der Waals surface area contributed by atoms with Crippen molar-refractivity contribution in [2.75, 3.05) is 5.32 Å². The molecule has 2 aliphatic carbocycles. The number of Topliss-reactive ketones (excluding diaryl/α,β-unsaturated/α-hetero) is 1.